The number of benzene rings is 1. The van der Waals surface area contributed by atoms with E-state index >= 15 is 0 Å². The number of anilines is 1. The molecule has 2 aromatic rings. The Morgan fingerprint density at radius 2 is 2.21 bits per heavy atom. The summed E-state index contributed by atoms with van der Waals surface area (Å²) in [6, 6.07) is 9.67. The van der Waals surface area contributed by atoms with Crippen molar-refractivity contribution in [3.8, 4) is 5.75 Å². The van der Waals surface area contributed by atoms with Crippen molar-refractivity contribution in [2.45, 2.75) is 19.9 Å². The molecule has 0 aliphatic heterocycles. The van der Waals surface area contributed by atoms with Crippen LogP contribution in [0, 0.1) is 0 Å². The molecule has 1 unspecified atom stereocenters. The van der Waals surface area contributed by atoms with Crippen LogP contribution in [0.1, 0.15) is 25.5 Å². The SMILES string of the molecule is CCOc1ccc(Cl)cc1NC(C)c1cccnc1. The van der Waals surface area contributed by atoms with E-state index in [-0.39, 0.29) is 6.04 Å². The van der Waals surface area contributed by atoms with E-state index < -0.39 is 0 Å². The minimum Gasteiger partial charge on any atom is -0.492 e. The second kappa shape index (κ2) is 6.43. The molecule has 0 saturated carbocycles. The molecule has 0 amide bonds. The predicted octanol–water partition coefficient (Wildman–Crippen LogP) is 4.31. The summed E-state index contributed by atoms with van der Waals surface area (Å²) in [7, 11) is 0. The molecule has 4 heteroatoms. The molecule has 0 radical (unpaired) electrons. The first kappa shape index (κ1) is 13.7. The Labute approximate surface area is 118 Å². The van der Waals surface area contributed by atoms with Crippen LogP contribution >= 0.6 is 11.6 Å². The summed E-state index contributed by atoms with van der Waals surface area (Å²) in [6.45, 7) is 4.66. The molecule has 19 heavy (non-hydrogen) atoms. The molecule has 0 bridgehead atoms. The Balaban J connectivity index is 2.20. The summed E-state index contributed by atoms with van der Waals surface area (Å²) in [6.07, 6.45) is 3.61. The van der Waals surface area contributed by atoms with Crippen LogP contribution in [-0.2, 0) is 0 Å². The van der Waals surface area contributed by atoms with Gasteiger partial charge in [-0.15, -0.1) is 0 Å². The normalized spacial score (nSPS) is 11.9. The van der Waals surface area contributed by atoms with E-state index in [2.05, 4.69) is 17.2 Å². The summed E-state index contributed by atoms with van der Waals surface area (Å²) in [5, 5.41) is 4.09. The zero-order valence-corrected chi connectivity index (χ0v) is 11.8. The van der Waals surface area contributed by atoms with E-state index in [0.29, 0.717) is 11.6 Å². The van der Waals surface area contributed by atoms with E-state index in [1.807, 2.05) is 43.5 Å². The first-order valence-electron chi connectivity index (χ1n) is 6.29. The Kier molecular flexibility index (Phi) is 4.63. The van der Waals surface area contributed by atoms with E-state index in [0.717, 1.165) is 17.0 Å². The van der Waals surface area contributed by atoms with E-state index in [9.17, 15) is 0 Å². The van der Waals surface area contributed by atoms with Crippen molar-refractivity contribution in [1.82, 2.24) is 4.98 Å². The third-order valence-corrected chi connectivity index (χ3v) is 3.03. The lowest BCUT2D eigenvalue weighted by atomic mass is 10.1. The summed E-state index contributed by atoms with van der Waals surface area (Å²) >= 11 is 6.04. The first-order chi connectivity index (χ1) is 9.20. The lowest BCUT2D eigenvalue weighted by molar-refractivity contribution is 0.341. The third-order valence-electron chi connectivity index (χ3n) is 2.80. The molecule has 1 atom stereocenters. The van der Waals surface area contributed by atoms with Crippen LogP contribution in [-0.4, -0.2) is 11.6 Å². The fourth-order valence-corrected chi connectivity index (χ4v) is 2.02. The monoisotopic (exact) mass is 276 g/mol. The summed E-state index contributed by atoms with van der Waals surface area (Å²) in [5.74, 6) is 0.808. The zero-order chi connectivity index (χ0) is 13.7. The number of ether oxygens (including phenoxy) is 1. The fraction of sp³-hybridized carbons (Fsp3) is 0.267. The molecule has 0 aliphatic rings. The van der Waals surface area contributed by atoms with Gasteiger partial charge in [-0.1, -0.05) is 17.7 Å². The fourth-order valence-electron chi connectivity index (χ4n) is 1.85. The lowest BCUT2D eigenvalue weighted by Gasteiger charge is -2.18. The maximum absolute atomic E-state index is 6.04. The van der Waals surface area contributed by atoms with E-state index in [4.69, 9.17) is 16.3 Å². The van der Waals surface area contributed by atoms with E-state index in [1.165, 1.54) is 0 Å². The molecule has 1 N–H and O–H groups in total. The Morgan fingerprint density at radius 3 is 2.89 bits per heavy atom. The molecule has 1 heterocycles. The minimum absolute atomic E-state index is 0.131. The number of hydrogen-bond donors (Lipinski definition) is 1. The van der Waals surface area contributed by atoms with Crippen molar-refractivity contribution in [2.75, 3.05) is 11.9 Å². The predicted molar refractivity (Wildman–Crippen MR) is 78.9 cm³/mol. The molecule has 3 nitrogen and oxygen atoms in total. The minimum atomic E-state index is 0.131. The molecule has 1 aromatic heterocycles. The molecule has 2 rings (SSSR count). The number of hydrogen-bond acceptors (Lipinski definition) is 3. The number of nitrogens with one attached hydrogen (secondary N) is 1. The smallest absolute Gasteiger partial charge is 0.142 e. The number of pyridine rings is 1. The van der Waals surface area contributed by atoms with Crippen LogP contribution in [0.3, 0.4) is 0 Å². The number of nitrogens with zero attached hydrogens (tertiary/aromatic N) is 1. The Hall–Kier alpha value is -1.74. The molecule has 0 aliphatic carbocycles. The van der Waals surface area contributed by atoms with Crippen LogP contribution in [0.15, 0.2) is 42.7 Å². The molecular formula is C15H17ClN2O. The molecule has 100 valence electrons. The van der Waals surface area contributed by atoms with Gasteiger partial charge in [-0.3, -0.25) is 4.98 Å². The van der Waals surface area contributed by atoms with Gasteiger partial charge in [0, 0.05) is 17.4 Å². The summed E-state index contributed by atoms with van der Waals surface area (Å²) in [5.41, 5.74) is 2.01. The second-order valence-electron chi connectivity index (χ2n) is 4.23. The lowest BCUT2D eigenvalue weighted by Crippen LogP contribution is -2.08. The Bertz CT molecular complexity index is 531. The van der Waals surface area contributed by atoms with Gasteiger partial charge >= 0.3 is 0 Å². The molecule has 0 saturated heterocycles. The first-order valence-corrected chi connectivity index (χ1v) is 6.67. The van der Waals surface area contributed by atoms with Crippen molar-refractivity contribution in [1.29, 1.82) is 0 Å². The molecule has 1 aromatic carbocycles. The van der Waals surface area contributed by atoms with Gasteiger partial charge in [0.2, 0.25) is 0 Å². The highest BCUT2D eigenvalue weighted by molar-refractivity contribution is 6.30. The third kappa shape index (κ3) is 3.61. The second-order valence-corrected chi connectivity index (χ2v) is 4.66. The molecule has 0 spiro atoms. The van der Waals surface area contributed by atoms with Gasteiger partial charge in [0.25, 0.3) is 0 Å². The van der Waals surface area contributed by atoms with Gasteiger partial charge in [0.05, 0.1) is 18.3 Å². The topological polar surface area (TPSA) is 34.1 Å². The summed E-state index contributed by atoms with van der Waals surface area (Å²) < 4.78 is 5.59. The number of aromatic nitrogens is 1. The quantitative estimate of drug-likeness (QED) is 0.884. The van der Waals surface area contributed by atoms with Crippen molar-refractivity contribution in [3.05, 3.63) is 53.3 Å². The highest BCUT2D eigenvalue weighted by atomic mass is 35.5. The van der Waals surface area contributed by atoms with Gasteiger partial charge in [-0.25, -0.2) is 0 Å². The largest absolute Gasteiger partial charge is 0.492 e. The maximum atomic E-state index is 6.04. The van der Waals surface area contributed by atoms with Gasteiger partial charge in [-0.05, 0) is 43.7 Å². The van der Waals surface area contributed by atoms with Gasteiger partial charge in [0.1, 0.15) is 5.75 Å². The zero-order valence-electron chi connectivity index (χ0n) is 11.1. The summed E-state index contributed by atoms with van der Waals surface area (Å²) in [4.78, 5) is 4.13. The average Bonchev–Trinajstić information content (AvgIpc) is 2.43. The van der Waals surface area contributed by atoms with Crippen LogP contribution in [0.5, 0.6) is 5.75 Å². The van der Waals surface area contributed by atoms with E-state index in [1.54, 1.807) is 6.20 Å². The number of rotatable bonds is 5. The van der Waals surface area contributed by atoms with Gasteiger partial charge < -0.3 is 10.1 Å². The maximum Gasteiger partial charge on any atom is 0.142 e. The Morgan fingerprint density at radius 1 is 1.37 bits per heavy atom. The van der Waals surface area contributed by atoms with Crippen LogP contribution in [0.2, 0.25) is 5.02 Å². The van der Waals surface area contributed by atoms with Crippen molar-refractivity contribution >= 4 is 17.3 Å². The van der Waals surface area contributed by atoms with Crippen LogP contribution < -0.4 is 10.1 Å². The van der Waals surface area contributed by atoms with Crippen molar-refractivity contribution in [2.24, 2.45) is 0 Å². The van der Waals surface area contributed by atoms with Crippen molar-refractivity contribution < 1.29 is 4.74 Å². The molecule has 0 fully saturated rings. The van der Waals surface area contributed by atoms with Crippen molar-refractivity contribution in [3.63, 3.8) is 0 Å². The highest BCUT2D eigenvalue weighted by Gasteiger charge is 2.09. The van der Waals surface area contributed by atoms with Crippen LogP contribution in [0.25, 0.3) is 0 Å². The molecular weight excluding hydrogens is 260 g/mol. The highest BCUT2D eigenvalue weighted by Crippen LogP contribution is 2.31. The number of halogens is 1. The van der Waals surface area contributed by atoms with Gasteiger partial charge in [0.15, 0.2) is 0 Å². The average molecular weight is 277 g/mol. The van der Waals surface area contributed by atoms with Crippen LogP contribution in [0.4, 0.5) is 5.69 Å². The standard InChI is InChI=1S/C15H17ClN2O/c1-3-19-15-7-6-13(16)9-14(15)18-11(2)12-5-4-8-17-10-12/h4-11,18H,3H2,1-2H3. The van der Waals surface area contributed by atoms with Gasteiger partial charge in [-0.2, -0.15) is 0 Å².